The topological polar surface area (TPSA) is 73.3 Å². The molecule has 25 heavy (non-hydrogen) atoms. The predicted octanol–water partition coefficient (Wildman–Crippen LogP) is 3.62. The third-order valence-corrected chi connectivity index (χ3v) is 3.69. The third-order valence-electron chi connectivity index (χ3n) is 3.46. The Kier molecular flexibility index (Phi) is 5.00. The molecule has 3 rings (SSSR count). The molecule has 2 aromatic carbocycles. The maximum atomic E-state index is 12.2. The van der Waals surface area contributed by atoms with Crippen LogP contribution in [0.5, 0.6) is 11.6 Å². The molecule has 0 saturated heterocycles. The Balaban J connectivity index is 1.74. The lowest BCUT2D eigenvalue weighted by Crippen LogP contribution is -2.21. The lowest BCUT2D eigenvalue weighted by atomic mass is 10.2. The Morgan fingerprint density at radius 2 is 2.00 bits per heavy atom. The highest BCUT2D eigenvalue weighted by Gasteiger charge is 2.12. The second kappa shape index (κ2) is 7.36. The molecule has 1 heterocycles. The molecule has 0 radical (unpaired) electrons. The van der Waals surface area contributed by atoms with Crippen LogP contribution in [0.15, 0.2) is 42.5 Å². The van der Waals surface area contributed by atoms with Gasteiger partial charge in [-0.2, -0.15) is 4.98 Å². The summed E-state index contributed by atoms with van der Waals surface area (Å²) in [6, 6.07) is 12.4. The predicted molar refractivity (Wildman–Crippen MR) is 96.4 cm³/mol. The first kappa shape index (κ1) is 17.0. The van der Waals surface area contributed by atoms with E-state index >= 15 is 0 Å². The molecule has 0 aliphatic rings. The van der Waals surface area contributed by atoms with Crippen molar-refractivity contribution in [1.82, 2.24) is 9.97 Å². The molecule has 0 unspecified atom stereocenters. The molecule has 7 heteroatoms. The van der Waals surface area contributed by atoms with Crippen molar-refractivity contribution >= 4 is 34.1 Å². The molecule has 1 amide bonds. The minimum atomic E-state index is -0.346. The van der Waals surface area contributed by atoms with Crippen LogP contribution in [-0.2, 0) is 4.79 Å². The molecule has 128 valence electrons. The number of methoxy groups -OCH3 is 1. The van der Waals surface area contributed by atoms with Crippen LogP contribution in [0.25, 0.3) is 10.9 Å². The van der Waals surface area contributed by atoms with Crippen molar-refractivity contribution < 1.29 is 14.3 Å². The van der Waals surface area contributed by atoms with Gasteiger partial charge in [-0.05, 0) is 37.3 Å². The van der Waals surface area contributed by atoms with E-state index in [2.05, 4.69) is 15.3 Å². The van der Waals surface area contributed by atoms with Gasteiger partial charge in [0.2, 0.25) is 5.88 Å². The average Bonchev–Trinajstić information content (AvgIpc) is 2.59. The zero-order chi connectivity index (χ0) is 17.8. The number of anilines is 1. The van der Waals surface area contributed by atoms with Gasteiger partial charge in [-0.15, -0.1) is 0 Å². The minimum absolute atomic E-state index is 0.198. The molecule has 0 fully saturated rings. The standard InChI is InChI=1S/C18H16ClN3O3/c1-11-20-14-6-4-3-5-13(14)18(21-11)25-10-17(23)22-15-9-12(19)7-8-16(15)24-2/h3-9H,10H2,1-2H3,(H,22,23). The number of halogens is 1. The Bertz CT molecular complexity index is 931. The van der Waals surface area contributed by atoms with Gasteiger partial charge < -0.3 is 14.8 Å². The highest BCUT2D eigenvalue weighted by molar-refractivity contribution is 6.31. The maximum absolute atomic E-state index is 12.2. The quantitative estimate of drug-likeness (QED) is 0.755. The van der Waals surface area contributed by atoms with E-state index in [1.54, 1.807) is 25.1 Å². The highest BCUT2D eigenvalue weighted by atomic mass is 35.5. The summed E-state index contributed by atoms with van der Waals surface area (Å²) in [6.07, 6.45) is 0. The molecule has 0 aliphatic carbocycles. The van der Waals surface area contributed by atoms with Gasteiger partial charge in [-0.3, -0.25) is 4.79 Å². The van der Waals surface area contributed by atoms with E-state index in [9.17, 15) is 4.79 Å². The van der Waals surface area contributed by atoms with E-state index in [1.165, 1.54) is 7.11 Å². The summed E-state index contributed by atoms with van der Waals surface area (Å²) in [5.41, 5.74) is 1.24. The van der Waals surface area contributed by atoms with Crippen LogP contribution in [0.2, 0.25) is 5.02 Å². The minimum Gasteiger partial charge on any atom is -0.495 e. The van der Waals surface area contributed by atoms with Gasteiger partial charge in [0.05, 0.1) is 23.7 Å². The van der Waals surface area contributed by atoms with Gasteiger partial charge >= 0.3 is 0 Å². The number of amides is 1. The summed E-state index contributed by atoms with van der Waals surface area (Å²) in [5, 5.41) is 3.96. The summed E-state index contributed by atoms with van der Waals surface area (Å²) in [7, 11) is 1.52. The van der Waals surface area contributed by atoms with Crippen molar-refractivity contribution in [2.24, 2.45) is 0 Å². The average molecular weight is 358 g/mol. The number of para-hydroxylation sites is 1. The van der Waals surface area contributed by atoms with Crippen LogP contribution in [-0.4, -0.2) is 29.6 Å². The van der Waals surface area contributed by atoms with Crippen molar-refractivity contribution in [2.45, 2.75) is 6.92 Å². The van der Waals surface area contributed by atoms with Crippen LogP contribution in [0, 0.1) is 6.92 Å². The molecule has 1 N–H and O–H groups in total. The Morgan fingerprint density at radius 3 is 2.80 bits per heavy atom. The number of carbonyl (C=O) groups is 1. The van der Waals surface area contributed by atoms with E-state index in [4.69, 9.17) is 21.1 Å². The van der Waals surface area contributed by atoms with E-state index in [-0.39, 0.29) is 12.5 Å². The van der Waals surface area contributed by atoms with Crippen LogP contribution in [0.4, 0.5) is 5.69 Å². The number of benzene rings is 2. The van der Waals surface area contributed by atoms with E-state index in [0.29, 0.717) is 28.2 Å². The second-order valence-electron chi connectivity index (χ2n) is 5.27. The van der Waals surface area contributed by atoms with E-state index in [0.717, 1.165) is 10.9 Å². The maximum Gasteiger partial charge on any atom is 0.262 e. The van der Waals surface area contributed by atoms with Gasteiger partial charge in [0.1, 0.15) is 11.6 Å². The van der Waals surface area contributed by atoms with Gasteiger partial charge in [0.25, 0.3) is 5.91 Å². The SMILES string of the molecule is COc1ccc(Cl)cc1NC(=O)COc1nc(C)nc2ccccc12. The normalized spacial score (nSPS) is 10.5. The summed E-state index contributed by atoms with van der Waals surface area (Å²) in [6.45, 7) is 1.58. The Morgan fingerprint density at radius 1 is 1.20 bits per heavy atom. The fraction of sp³-hybridized carbons (Fsp3) is 0.167. The monoisotopic (exact) mass is 357 g/mol. The van der Waals surface area contributed by atoms with Crippen molar-refractivity contribution in [1.29, 1.82) is 0 Å². The number of carbonyl (C=O) groups excluding carboxylic acids is 1. The number of hydrogen-bond acceptors (Lipinski definition) is 5. The molecule has 0 spiro atoms. The van der Waals surface area contributed by atoms with Crippen molar-refractivity contribution in [3.8, 4) is 11.6 Å². The zero-order valence-corrected chi connectivity index (χ0v) is 14.5. The number of nitrogens with one attached hydrogen (secondary N) is 1. The highest BCUT2D eigenvalue weighted by Crippen LogP contribution is 2.27. The number of rotatable bonds is 5. The zero-order valence-electron chi connectivity index (χ0n) is 13.7. The summed E-state index contributed by atoms with van der Waals surface area (Å²) < 4.78 is 10.8. The lowest BCUT2D eigenvalue weighted by molar-refractivity contribution is -0.118. The number of hydrogen-bond donors (Lipinski definition) is 1. The first-order chi connectivity index (χ1) is 12.1. The smallest absolute Gasteiger partial charge is 0.262 e. The molecule has 3 aromatic rings. The van der Waals surface area contributed by atoms with Crippen molar-refractivity contribution in [3.05, 3.63) is 53.3 Å². The summed E-state index contributed by atoms with van der Waals surface area (Å²) >= 11 is 5.96. The van der Waals surface area contributed by atoms with Crippen LogP contribution >= 0.6 is 11.6 Å². The largest absolute Gasteiger partial charge is 0.495 e. The molecular weight excluding hydrogens is 342 g/mol. The van der Waals surface area contributed by atoms with Gasteiger partial charge in [-0.25, -0.2) is 4.98 Å². The fourth-order valence-electron chi connectivity index (χ4n) is 2.37. The molecular formula is C18H16ClN3O3. The number of nitrogens with zero attached hydrogens (tertiary/aromatic N) is 2. The molecule has 1 aromatic heterocycles. The second-order valence-corrected chi connectivity index (χ2v) is 5.71. The molecule has 0 atom stereocenters. The molecule has 0 saturated carbocycles. The number of aryl methyl sites for hydroxylation is 1. The number of aromatic nitrogens is 2. The lowest BCUT2D eigenvalue weighted by Gasteiger charge is -2.12. The van der Waals surface area contributed by atoms with Gasteiger partial charge in [-0.1, -0.05) is 23.7 Å². The molecule has 6 nitrogen and oxygen atoms in total. The fourth-order valence-corrected chi connectivity index (χ4v) is 2.54. The third kappa shape index (κ3) is 3.97. The van der Waals surface area contributed by atoms with E-state index in [1.807, 2.05) is 24.3 Å². The van der Waals surface area contributed by atoms with Gasteiger partial charge in [0, 0.05) is 5.02 Å². The summed E-state index contributed by atoms with van der Waals surface area (Å²) in [5.74, 6) is 1.11. The first-order valence-corrected chi connectivity index (χ1v) is 7.94. The molecule has 0 bridgehead atoms. The van der Waals surface area contributed by atoms with Crippen LogP contribution < -0.4 is 14.8 Å². The van der Waals surface area contributed by atoms with E-state index < -0.39 is 0 Å². The number of ether oxygens (including phenoxy) is 2. The van der Waals surface area contributed by atoms with Crippen LogP contribution in [0.3, 0.4) is 0 Å². The Hall–Kier alpha value is -2.86. The van der Waals surface area contributed by atoms with Crippen LogP contribution in [0.1, 0.15) is 5.82 Å². The summed E-state index contributed by atoms with van der Waals surface area (Å²) in [4.78, 5) is 20.8. The number of fused-ring (bicyclic) bond motifs is 1. The first-order valence-electron chi connectivity index (χ1n) is 7.56. The van der Waals surface area contributed by atoms with Crippen molar-refractivity contribution in [3.63, 3.8) is 0 Å². The Labute approximate surface area is 149 Å². The van der Waals surface area contributed by atoms with Gasteiger partial charge in [0.15, 0.2) is 6.61 Å². The molecule has 0 aliphatic heterocycles. The van der Waals surface area contributed by atoms with Crippen molar-refractivity contribution in [2.75, 3.05) is 19.0 Å².